The van der Waals surface area contributed by atoms with Crippen molar-refractivity contribution in [2.45, 2.75) is 18.8 Å². The maximum absolute atomic E-state index is 4.82. The van der Waals surface area contributed by atoms with Gasteiger partial charge in [-0.2, -0.15) is 0 Å². The monoisotopic (exact) mass is 912 g/mol. The van der Waals surface area contributed by atoms with Gasteiger partial charge in [0.15, 0.2) is 0 Å². The van der Waals surface area contributed by atoms with Gasteiger partial charge in [-0.1, -0.05) is 128 Å². The Morgan fingerprint density at radius 2 is 1.01 bits per heavy atom. The Labute approximate surface area is 409 Å². The van der Waals surface area contributed by atoms with Gasteiger partial charge in [0.25, 0.3) is 0 Å². The van der Waals surface area contributed by atoms with Gasteiger partial charge in [0.1, 0.15) is 0 Å². The second kappa shape index (κ2) is 16.0. The zero-order valence-electron chi connectivity index (χ0n) is 38.4. The molecule has 1 aliphatic carbocycles. The number of rotatable bonds is 7. The highest BCUT2D eigenvalue weighted by Gasteiger charge is 2.34. The third-order valence-corrected chi connectivity index (χ3v) is 15.8. The Kier molecular flexibility index (Phi) is 9.23. The van der Waals surface area contributed by atoms with Gasteiger partial charge in [-0.05, 0) is 143 Å². The standard InChI is InChI=1S/C65H44N4S/c1-65(56-21-9-7-20-50(56)58-23-12-14-36-67-58)34-33-62-55(41-65)52-39-44(47-17-5-6-18-48(47)57-22-11-13-35-66-57)26-30-61(52)69(62)46-28-32-64-54(40-46)53-38-43(27-31-63(53)70-64)42-25-29-60-51(37-42)49-19-8-10-24-59(49)68(60)45-15-3-2-4-16-45/h2-40H,41H2,1H3. The molecule has 0 fully saturated rings. The van der Waals surface area contributed by atoms with E-state index in [4.69, 9.17) is 9.97 Å². The van der Waals surface area contributed by atoms with Crippen molar-refractivity contribution in [1.82, 2.24) is 19.1 Å². The van der Waals surface area contributed by atoms with Crippen molar-refractivity contribution in [3.8, 4) is 56.1 Å². The molecule has 70 heavy (non-hydrogen) atoms. The van der Waals surface area contributed by atoms with Crippen LogP contribution in [0.4, 0.5) is 0 Å². The van der Waals surface area contributed by atoms with Gasteiger partial charge in [0.05, 0.1) is 27.9 Å². The minimum absolute atomic E-state index is 0.286. The highest BCUT2D eigenvalue weighted by Crippen LogP contribution is 2.47. The summed E-state index contributed by atoms with van der Waals surface area (Å²) in [5.74, 6) is 0. The van der Waals surface area contributed by atoms with Gasteiger partial charge in [-0.3, -0.25) is 9.97 Å². The summed E-state index contributed by atoms with van der Waals surface area (Å²) in [4.78, 5) is 9.59. The number of benzene rings is 8. The highest BCUT2D eigenvalue weighted by molar-refractivity contribution is 7.25. The minimum atomic E-state index is -0.286. The molecule has 0 aliphatic heterocycles. The lowest BCUT2D eigenvalue weighted by atomic mass is 9.72. The van der Waals surface area contributed by atoms with Crippen molar-refractivity contribution >= 4 is 70.3 Å². The van der Waals surface area contributed by atoms with E-state index in [1.165, 1.54) is 103 Å². The van der Waals surface area contributed by atoms with Crippen LogP contribution < -0.4 is 0 Å². The zero-order valence-corrected chi connectivity index (χ0v) is 39.2. The van der Waals surface area contributed by atoms with Crippen LogP contribution in [0.2, 0.25) is 0 Å². The molecule has 0 saturated heterocycles. The molecular formula is C65H44N4S. The second-order valence-corrected chi connectivity index (χ2v) is 19.9. The van der Waals surface area contributed by atoms with Crippen molar-refractivity contribution in [3.05, 3.63) is 248 Å². The highest BCUT2D eigenvalue weighted by atomic mass is 32.1. The van der Waals surface area contributed by atoms with Gasteiger partial charge in [-0.25, -0.2) is 0 Å². The van der Waals surface area contributed by atoms with Crippen LogP contribution in [0.3, 0.4) is 0 Å². The summed E-state index contributed by atoms with van der Waals surface area (Å²) < 4.78 is 7.46. The minimum Gasteiger partial charge on any atom is -0.310 e. The smallest absolute Gasteiger partial charge is 0.0708 e. The van der Waals surface area contributed by atoms with Crippen LogP contribution in [-0.4, -0.2) is 19.1 Å². The van der Waals surface area contributed by atoms with E-state index in [0.717, 1.165) is 29.1 Å². The maximum atomic E-state index is 4.82. The first-order valence-electron chi connectivity index (χ1n) is 24.0. The van der Waals surface area contributed by atoms with E-state index < -0.39 is 0 Å². The van der Waals surface area contributed by atoms with Crippen LogP contribution in [0.25, 0.3) is 115 Å². The topological polar surface area (TPSA) is 35.6 Å². The Morgan fingerprint density at radius 1 is 0.429 bits per heavy atom. The SMILES string of the molecule is CC1(c2ccccc2-c2ccccn2)C=Cc2c(c3cc(-c4ccccc4-c4ccccn4)ccc3n2-c2ccc3sc4ccc(-c5ccc6c(c5)c5ccccc5n6-c5ccccc5)cc4c3c2)C1. The number of hydrogen-bond acceptors (Lipinski definition) is 3. The number of aromatic nitrogens is 4. The summed E-state index contributed by atoms with van der Waals surface area (Å²) in [7, 11) is 0. The van der Waals surface area contributed by atoms with E-state index in [0.29, 0.717) is 0 Å². The molecule has 5 aromatic heterocycles. The van der Waals surface area contributed by atoms with Crippen LogP contribution in [0.1, 0.15) is 23.7 Å². The average Bonchev–Trinajstić information content (AvgIpc) is 4.08. The normalized spacial score (nSPS) is 14.6. The van der Waals surface area contributed by atoms with Gasteiger partial charge in [0.2, 0.25) is 0 Å². The molecule has 5 heterocycles. The maximum Gasteiger partial charge on any atom is 0.0708 e. The summed E-state index contributed by atoms with van der Waals surface area (Å²) in [5.41, 5.74) is 18.5. The molecule has 0 spiro atoms. The predicted octanol–water partition coefficient (Wildman–Crippen LogP) is 17.1. The molecule has 1 unspecified atom stereocenters. The molecule has 330 valence electrons. The number of para-hydroxylation sites is 2. The molecule has 8 aromatic carbocycles. The quantitative estimate of drug-likeness (QED) is 0.160. The molecule has 1 aliphatic rings. The fourth-order valence-corrected chi connectivity index (χ4v) is 12.4. The molecule has 0 amide bonds. The molecule has 0 radical (unpaired) electrons. The van der Waals surface area contributed by atoms with Crippen LogP contribution in [0, 0.1) is 0 Å². The Balaban J connectivity index is 0.930. The van der Waals surface area contributed by atoms with E-state index in [9.17, 15) is 0 Å². The number of thiophene rings is 1. The first kappa shape index (κ1) is 40.4. The lowest BCUT2D eigenvalue weighted by Crippen LogP contribution is -2.26. The summed E-state index contributed by atoms with van der Waals surface area (Å²) in [6.07, 6.45) is 9.42. The van der Waals surface area contributed by atoms with Crippen LogP contribution in [-0.2, 0) is 11.8 Å². The zero-order chi connectivity index (χ0) is 46.3. The van der Waals surface area contributed by atoms with E-state index >= 15 is 0 Å². The summed E-state index contributed by atoms with van der Waals surface area (Å²) >= 11 is 1.87. The van der Waals surface area contributed by atoms with E-state index in [-0.39, 0.29) is 5.41 Å². The molecule has 0 N–H and O–H groups in total. The van der Waals surface area contributed by atoms with Crippen molar-refractivity contribution in [1.29, 1.82) is 0 Å². The van der Waals surface area contributed by atoms with Gasteiger partial charge < -0.3 is 9.13 Å². The fourth-order valence-electron chi connectivity index (χ4n) is 11.4. The summed E-state index contributed by atoms with van der Waals surface area (Å²) in [6, 6.07) is 77.4. The van der Waals surface area contributed by atoms with Crippen LogP contribution >= 0.6 is 11.3 Å². The molecule has 0 bridgehead atoms. The molecule has 14 rings (SSSR count). The average molecular weight is 913 g/mol. The second-order valence-electron chi connectivity index (χ2n) is 18.8. The molecule has 1 atom stereocenters. The summed E-state index contributed by atoms with van der Waals surface area (Å²) in [6.45, 7) is 2.39. The molecule has 4 nitrogen and oxygen atoms in total. The van der Waals surface area contributed by atoms with E-state index in [1.54, 1.807) is 0 Å². The third kappa shape index (κ3) is 6.43. The molecule has 0 saturated carbocycles. The molecule has 13 aromatic rings. The van der Waals surface area contributed by atoms with Crippen LogP contribution in [0.15, 0.2) is 231 Å². The van der Waals surface area contributed by atoms with Gasteiger partial charge in [0, 0.05) is 82.3 Å². The number of fused-ring (bicyclic) bond motifs is 9. The molecule has 5 heteroatoms. The van der Waals surface area contributed by atoms with E-state index in [2.05, 4.69) is 228 Å². The first-order valence-corrected chi connectivity index (χ1v) is 24.8. The largest absolute Gasteiger partial charge is 0.310 e. The number of nitrogens with zero attached hydrogens (tertiary/aromatic N) is 4. The van der Waals surface area contributed by atoms with Crippen molar-refractivity contribution in [2.75, 3.05) is 0 Å². The Bertz CT molecular complexity index is 4220. The van der Waals surface area contributed by atoms with Crippen molar-refractivity contribution in [2.24, 2.45) is 0 Å². The Morgan fingerprint density at radius 3 is 1.80 bits per heavy atom. The number of allylic oxidation sites excluding steroid dienone is 1. The fraction of sp³-hybridized carbons (Fsp3) is 0.0462. The predicted molar refractivity (Wildman–Crippen MR) is 294 cm³/mol. The Hall–Kier alpha value is -8.64. The summed E-state index contributed by atoms with van der Waals surface area (Å²) in [5, 5.41) is 6.32. The van der Waals surface area contributed by atoms with Gasteiger partial charge >= 0.3 is 0 Å². The van der Waals surface area contributed by atoms with E-state index in [1.807, 2.05) is 35.9 Å². The third-order valence-electron chi connectivity index (χ3n) is 14.7. The first-order chi connectivity index (χ1) is 34.6. The molecular weight excluding hydrogens is 869 g/mol. The van der Waals surface area contributed by atoms with Crippen molar-refractivity contribution < 1.29 is 0 Å². The van der Waals surface area contributed by atoms with Crippen LogP contribution in [0.5, 0.6) is 0 Å². The van der Waals surface area contributed by atoms with Gasteiger partial charge in [-0.15, -0.1) is 11.3 Å². The number of hydrogen-bond donors (Lipinski definition) is 0. The van der Waals surface area contributed by atoms with Crippen molar-refractivity contribution in [3.63, 3.8) is 0 Å². The lowest BCUT2D eigenvalue weighted by molar-refractivity contribution is 0.589. The number of pyridine rings is 2. The lowest BCUT2D eigenvalue weighted by Gasteiger charge is -2.32.